The number of hydrogen-bond acceptors (Lipinski definition) is 8. The summed E-state index contributed by atoms with van der Waals surface area (Å²) in [4.78, 5) is 20.4. The van der Waals surface area contributed by atoms with Crippen LogP contribution >= 0.6 is 0 Å². The van der Waals surface area contributed by atoms with E-state index in [0.717, 1.165) is 19.3 Å². The lowest BCUT2D eigenvalue weighted by molar-refractivity contribution is 0.202. The van der Waals surface area contributed by atoms with Crippen molar-refractivity contribution < 1.29 is 22.6 Å². The molecule has 0 amide bonds. The van der Waals surface area contributed by atoms with Crippen molar-refractivity contribution in [2.75, 3.05) is 25.0 Å². The van der Waals surface area contributed by atoms with Crippen molar-refractivity contribution in [1.29, 1.82) is 0 Å². The van der Waals surface area contributed by atoms with E-state index in [0.29, 0.717) is 71.1 Å². The van der Waals surface area contributed by atoms with Crippen molar-refractivity contribution in [1.82, 2.24) is 19.6 Å². The second kappa shape index (κ2) is 13.1. The Balaban J connectivity index is 1.45. The molecule has 12 heteroatoms. The van der Waals surface area contributed by atoms with Gasteiger partial charge in [0, 0.05) is 12.5 Å². The number of rotatable bonds is 12. The molecule has 4 aromatic rings. The van der Waals surface area contributed by atoms with Crippen LogP contribution in [0.1, 0.15) is 63.9 Å². The van der Waals surface area contributed by atoms with Gasteiger partial charge in [-0.05, 0) is 69.4 Å². The normalized spacial score (nSPS) is 14.1. The number of aryl methyl sites for hydroxylation is 2. The number of nitrogens with zero attached hydrogens (tertiary/aromatic N) is 3. The average molecular weight is 610 g/mol. The van der Waals surface area contributed by atoms with Crippen LogP contribution < -0.4 is 24.5 Å². The number of aromatic nitrogens is 4. The fourth-order valence-corrected chi connectivity index (χ4v) is 6.59. The van der Waals surface area contributed by atoms with Crippen LogP contribution in [0.4, 0.5) is 5.69 Å². The zero-order valence-corrected chi connectivity index (χ0v) is 25.9. The van der Waals surface area contributed by atoms with Gasteiger partial charge in [0.05, 0.1) is 42.2 Å². The van der Waals surface area contributed by atoms with Crippen LogP contribution in [0.25, 0.3) is 16.9 Å². The maximum Gasteiger partial charge on any atom is 0.277 e. The lowest BCUT2D eigenvalue weighted by atomic mass is 9.90. The highest BCUT2D eigenvalue weighted by Gasteiger charge is 2.22. The molecule has 2 N–H and O–H groups in total. The number of ether oxygens (including phenoxy) is 3. The first-order valence-electron chi connectivity index (χ1n) is 14.8. The minimum absolute atomic E-state index is 0.0270. The van der Waals surface area contributed by atoms with E-state index in [1.165, 1.54) is 43.0 Å². The van der Waals surface area contributed by atoms with Gasteiger partial charge >= 0.3 is 0 Å². The van der Waals surface area contributed by atoms with Crippen LogP contribution in [0, 0.1) is 12.8 Å². The molecule has 0 aliphatic heterocycles. The minimum Gasteiger partial charge on any atom is -0.493 e. The molecule has 0 saturated heterocycles. The van der Waals surface area contributed by atoms with Crippen LogP contribution in [0.5, 0.6) is 17.2 Å². The molecular weight excluding hydrogens is 570 g/mol. The second-order valence-electron chi connectivity index (χ2n) is 10.8. The van der Waals surface area contributed by atoms with Gasteiger partial charge in [-0.15, -0.1) is 5.10 Å². The molecule has 0 spiro atoms. The van der Waals surface area contributed by atoms with Gasteiger partial charge in [-0.2, -0.15) is 0 Å². The van der Waals surface area contributed by atoms with Crippen molar-refractivity contribution in [3.05, 3.63) is 58.3 Å². The Morgan fingerprint density at radius 3 is 2.51 bits per heavy atom. The van der Waals surface area contributed by atoms with E-state index in [9.17, 15) is 13.2 Å². The Morgan fingerprint density at radius 2 is 1.79 bits per heavy atom. The maximum atomic E-state index is 13.6. The standard InChI is InChI=1S/C31H39N5O6S/c1-5-10-28-32-20(3)29-31(37)33-30(34-36(28)29)24-18-23(14-16-25(24)41-6-2)43(38,39)35-22-13-15-26(27(17-22)40-4)42-19-21-11-8-7-9-12-21/h13-18,21,35H,5-12,19H2,1-4H3,(H,33,34,37). The number of nitrogens with one attached hydrogen (secondary N) is 2. The van der Waals surface area contributed by atoms with Gasteiger partial charge in [0.25, 0.3) is 15.6 Å². The van der Waals surface area contributed by atoms with Crippen molar-refractivity contribution >= 4 is 21.2 Å². The van der Waals surface area contributed by atoms with E-state index in [-0.39, 0.29) is 16.3 Å². The largest absolute Gasteiger partial charge is 0.493 e. The number of benzene rings is 2. The topological polar surface area (TPSA) is 137 Å². The minimum atomic E-state index is -4.05. The van der Waals surface area contributed by atoms with Gasteiger partial charge < -0.3 is 19.2 Å². The summed E-state index contributed by atoms with van der Waals surface area (Å²) in [5.74, 6) is 2.75. The third-order valence-corrected chi connectivity index (χ3v) is 9.03. The van der Waals surface area contributed by atoms with E-state index in [4.69, 9.17) is 14.2 Å². The summed E-state index contributed by atoms with van der Waals surface area (Å²) in [6.07, 6.45) is 7.50. The van der Waals surface area contributed by atoms with E-state index >= 15 is 0 Å². The van der Waals surface area contributed by atoms with Crippen LogP contribution in [-0.2, 0) is 16.4 Å². The zero-order chi connectivity index (χ0) is 30.6. The number of fused-ring (bicyclic) bond motifs is 1. The summed E-state index contributed by atoms with van der Waals surface area (Å²) in [6.45, 7) is 6.55. The number of methoxy groups -OCH3 is 1. The Hall–Kier alpha value is -4.06. The van der Waals surface area contributed by atoms with Crippen molar-refractivity contribution in [3.8, 4) is 28.6 Å². The first kappa shape index (κ1) is 30.4. The monoisotopic (exact) mass is 609 g/mol. The molecule has 2 aromatic heterocycles. The Kier molecular flexibility index (Phi) is 9.24. The maximum absolute atomic E-state index is 13.6. The molecule has 1 aliphatic carbocycles. The molecule has 0 bridgehead atoms. The lowest BCUT2D eigenvalue weighted by Crippen LogP contribution is -2.17. The molecule has 0 atom stereocenters. The molecule has 0 radical (unpaired) electrons. The second-order valence-corrected chi connectivity index (χ2v) is 12.5. The van der Waals surface area contributed by atoms with Crippen LogP contribution in [0.3, 0.4) is 0 Å². The van der Waals surface area contributed by atoms with Crippen LogP contribution in [-0.4, -0.2) is 48.3 Å². The Labute approximate surface area is 251 Å². The fraction of sp³-hybridized carbons (Fsp3) is 0.452. The molecule has 43 heavy (non-hydrogen) atoms. The highest BCUT2D eigenvalue weighted by molar-refractivity contribution is 7.92. The summed E-state index contributed by atoms with van der Waals surface area (Å²) in [5, 5.41) is 4.65. The van der Waals surface area contributed by atoms with Gasteiger partial charge in [-0.1, -0.05) is 26.2 Å². The Morgan fingerprint density at radius 1 is 1.02 bits per heavy atom. The highest BCUT2D eigenvalue weighted by Crippen LogP contribution is 2.34. The molecule has 1 saturated carbocycles. The van der Waals surface area contributed by atoms with Crippen LogP contribution in [0.2, 0.25) is 0 Å². The van der Waals surface area contributed by atoms with E-state index in [2.05, 4.69) is 19.8 Å². The number of H-pyrrole nitrogens is 1. The summed E-state index contributed by atoms with van der Waals surface area (Å²) < 4.78 is 48.6. The smallest absolute Gasteiger partial charge is 0.277 e. The predicted molar refractivity (Wildman–Crippen MR) is 165 cm³/mol. The first-order chi connectivity index (χ1) is 20.7. The predicted octanol–water partition coefficient (Wildman–Crippen LogP) is 5.51. The summed E-state index contributed by atoms with van der Waals surface area (Å²) in [6, 6.07) is 9.43. The Bertz CT molecular complexity index is 1760. The number of aromatic amines is 1. The third kappa shape index (κ3) is 6.64. The van der Waals surface area contributed by atoms with E-state index < -0.39 is 10.0 Å². The third-order valence-electron chi connectivity index (χ3n) is 7.65. The van der Waals surface area contributed by atoms with Gasteiger partial charge in [0.2, 0.25) is 0 Å². The fourth-order valence-electron chi connectivity index (χ4n) is 5.51. The molecule has 5 rings (SSSR count). The first-order valence-corrected chi connectivity index (χ1v) is 16.3. The average Bonchev–Trinajstić information content (AvgIpc) is 3.32. The van der Waals surface area contributed by atoms with Crippen molar-refractivity contribution in [2.24, 2.45) is 5.92 Å². The van der Waals surface area contributed by atoms with E-state index in [1.54, 1.807) is 31.2 Å². The summed E-state index contributed by atoms with van der Waals surface area (Å²) in [5.41, 5.74) is 1.22. The number of imidazole rings is 1. The highest BCUT2D eigenvalue weighted by atomic mass is 32.2. The van der Waals surface area contributed by atoms with Gasteiger partial charge in [-0.25, -0.2) is 17.9 Å². The number of anilines is 1. The molecule has 1 fully saturated rings. The quantitative estimate of drug-likeness (QED) is 0.214. The molecule has 1 aliphatic rings. The summed E-state index contributed by atoms with van der Waals surface area (Å²) in [7, 11) is -2.52. The van der Waals surface area contributed by atoms with Crippen LogP contribution in [0.15, 0.2) is 46.1 Å². The zero-order valence-electron chi connectivity index (χ0n) is 25.1. The molecule has 0 unspecified atom stereocenters. The van der Waals surface area contributed by atoms with E-state index in [1.807, 2.05) is 13.8 Å². The molecule has 11 nitrogen and oxygen atoms in total. The number of hydrogen-bond donors (Lipinski definition) is 2. The molecule has 2 aromatic carbocycles. The van der Waals surface area contributed by atoms with Crippen molar-refractivity contribution in [3.63, 3.8) is 0 Å². The molecular formula is C31H39N5O6S. The van der Waals surface area contributed by atoms with Gasteiger partial charge in [0.1, 0.15) is 11.6 Å². The van der Waals surface area contributed by atoms with Gasteiger partial charge in [0.15, 0.2) is 22.8 Å². The summed E-state index contributed by atoms with van der Waals surface area (Å²) >= 11 is 0. The van der Waals surface area contributed by atoms with Gasteiger partial charge in [-0.3, -0.25) is 9.52 Å². The molecule has 230 valence electrons. The SMILES string of the molecule is CCCc1nc(C)c2c(=O)[nH]c(-c3cc(S(=O)(=O)Nc4ccc(OCC5CCCCC5)c(OC)c4)ccc3OCC)nn12. The lowest BCUT2D eigenvalue weighted by Gasteiger charge is -2.22. The van der Waals surface area contributed by atoms with Crippen molar-refractivity contribution in [2.45, 2.75) is 70.6 Å². The molecule has 2 heterocycles. The number of sulfonamides is 1.